The summed E-state index contributed by atoms with van der Waals surface area (Å²) in [5.41, 5.74) is 6.43. The van der Waals surface area contributed by atoms with Gasteiger partial charge >= 0.3 is 0 Å². The number of nitrogens with two attached hydrogens (primary N) is 1. The van der Waals surface area contributed by atoms with Crippen molar-refractivity contribution in [1.82, 2.24) is 0 Å². The van der Waals surface area contributed by atoms with Crippen LogP contribution in [0.4, 0.5) is 0 Å². The molecule has 2 N–H and O–H groups in total. The van der Waals surface area contributed by atoms with Crippen molar-refractivity contribution in [1.29, 1.82) is 0 Å². The molecular formula is C11H19NO. The van der Waals surface area contributed by atoms with Crippen LogP contribution in [0, 0.1) is 17.3 Å². The van der Waals surface area contributed by atoms with E-state index in [9.17, 15) is 0 Å². The van der Waals surface area contributed by atoms with E-state index in [0.29, 0.717) is 11.5 Å². The third-order valence-electron chi connectivity index (χ3n) is 4.73. The summed E-state index contributed by atoms with van der Waals surface area (Å²) in [6.07, 6.45) is 7.40. The van der Waals surface area contributed by atoms with E-state index in [4.69, 9.17) is 10.5 Å². The van der Waals surface area contributed by atoms with Crippen LogP contribution < -0.4 is 5.73 Å². The first-order chi connectivity index (χ1) is 6.38. The summed E-state index contributed by atoms with van der Waals surface area (Å²) in [7, 11) is 0. The molecule has 2 heteroatoms. The summed E-state index contributed by atoms with van der Waals surface area (Å²) in [5, 5.41) is 0. The van der Waals surface area contributed by atoms with Crippen LogP contribution in [0.25, 0.3) is 0 Å². The molecule has 3 rings (SSSR count). The number of hydrogen-bond acceptors (Lipinski definition) is 2. The Morgan fingerprint density at radius 1 is 1.31 bits per heavy atom. The number of hydrogen-bond donors (Lipinski definition) is 1. The Hall–Kier alpha value is -0.0800. The molecule has 1 spiro atoms. The van der Waals surface area contributed by atoms with E-state index in [1.165, 1.54) is 32.1 Å². The quantitative estimate of drug-likeness (QED) is 0.666. The molecule has 0 amide bonds. The van der Waals surface area contributed by atoms with E-state index in [1.54, 1.807) is 0 Å². The minimum atomic E-state index is 0.555. The summed E-state index contributed by atoms with van der Waals surface area (Å²) in [5.74, 6) is 1.62. The predicted molar refractivity (Wildman–Crippen MR) is 51.3 cm³/mol. The zero-order valence-corrected chi connectivity index (χ0v) is 8.17. The molecule has 74 valence electrons. The van der Waals surface area contributed by atoms with Gasteiger partial charge in [0.25, 0.3) is 0 Å². The smallest absolute Gasteiger partial charge is 0.0666 e. The van der Waals surface area contributed by atoms with Gasteiger partial charge in [-0.1, -0.05) is 6.42 Å². The van der Waals surface area contributed by atoms with Gasteiger partial charge in [0, 0.05) is 12.0 Å². The van der Waals surface area contributed by atoms with Crippen molar-refractivity contribution >= 4 is 0 Å². The molecule has 1 saturated heterocycles. The first-order valence-electron chi connectivity index (χ1n) is 5.70. The van der Waals surface area contributed by atoms with Crippen molar-refractivity contribution < 1.29 is 4.74 Å². The van der Waals surface area contributed by atoms with Crippen LogP contribution in [0.1, 0.15) is 32.1 Å². The molecule has 3 aliphatic rings. The minimum Gasteiger partial charge on any atom is -0.377 e. The van der Waals surface area contributed by atoms with Crippen molar-refractivity contribution in [3.8, 4) is 0 Å². The van der Waals surface area contributed by atoms with Gasteiger partial charge in [0.05, 0.1) is 6.10 Å². The molecular weight excluding hydrogens is 162 g/mol. The average molecular weight is 181 g/mol. The molecule has 2 saturated carbocycles. The van der Waals surface area contributed by atoms with Gasteiger partial charge in [-0.25, -0.2) is 0 Å². The summed E-state index contributed by atoms with van der Waals surface area (Å²) in [6, 6.07) is 0. The van der Waals surface area contributed by atoms with Crippen LogP contribution in [0.15, 0.2) is 0 Å². The van der Waals surface area contributed by atoms with Gasteiger partial charge < -0.3 is 10.5 Å². The van der Waals surface area contributed by atoms with Gasteiger partial charge in [-0.2, -0.15) is 0 Å². The fraction of sp³-hybridized carbons (Fsp3) is 1.00. The average Bonchev–Trinajstić information content (AvgIpc) is 2.05. The van der Waals surface area contributed by atoms with E-state index < -0.39 is 0 Å². The zero-order chi connectivity index (χ0) is 8.89. The van der Waals surface area contributed by atoms with Gasteiger partial charge in [-0.15, -0.1) is 0 Å². The SMILES string of the molecule is NC[C@@H]1[C@@H]2CCCO[C@H]2C12CCC2. The molecule has 0 aromatic heterocycles. The Labute approximate surface area is 79.8 Å². The highest BCUT2D eigenvalue weighted by Gasteiger charge is 2.64. The molecule has 3 atom stereocenters. The summed E-state index contributed by atoms with van der Waals surface area (Å²) >= 11 is 0. The highest BCUT2D eigenvalue weighted by atomic mass is 16.5. The Kier molecular flexibility index (Phi) is 1.72. The molecule has 0 radical (unpaired) electrons. The predicted octanol–water partition coefficient (Wildman–Crippen LogP) is 1.54. The number of ether oxygens (including phenoxy) is 1. The van der Waals surface area contributed by atoms with Crippen molar-refractivity contribution in [3.63, 3.8) is 0 Å². The van der Waals surface area contributed by atoms with Gasteiger partial charge in [-0.05, 0) is 44.1 Å². The third kappa shape index (κ3) is 0.861. The lowest BCUT2D eigenvalue weighted by molar-refractivity contribution is -0.257. The summed E-state index contributed by atoms with van der Waals surface area (Å²) < 4.78 is 5.91. The standard InChI is InChI=1S/C11H19NO/c12-7-9-8-3-1-6-13-10(8)11(9)4-2-5-11/h8-10H,1-7,12H2/t8-,9+,10+/m0/s1. The number of rotatable bonds is 1. The fourth-order valence-electron chi connectivity index (χ4n) is 3.98. The molecule has 3 fully saturated rings. The molecule has 0 bridgehead atoms. The van der Waals surface area contributed by atoms with Crippen LogP contribution in [-0.4, -0.2) is 19.3 Å². The van der Waals surface area contributed by atoms with Crippen molar-refractivity contribution in [2.24, 2.45) is 23.0 Å². The lowest BCUT2D eigenvalue weighted by Crippen LogP contribution is -2.68. The summed E-state index contributed by atoms with van der Waals surface area (Å²) in [4.78, 5) is 0. The van der Waals surface area contributed by atoms with Crippen LogP contribution in [-0.2, 0) is 4.74 Å². The molecule has 2 aliphatic carbocycles. The first kappa shape index (κ1) is 8.25. The fourth-order valence-corrected chi connectivity index (χ4v) is 3.98. The molecule has 0 unspecified atom stereocenters. The maximum Gasteiger partial charge on any atom is 0.0666 e. The molecule has 0 aromatic rings. The van der Waals surface area contributed by atoms with Crippen molar-refractivity contribution in [2.45, 2.75) is 38.2 Å². The van der Waals surface area contributed by atoms with Crippen molar-refractivity contribution in [2.75, 3.05) is 13.2 Å². The maximum absolute atomic E-state index is 5.91. The molecule has 2 nitrogen and oxygen atoms in total. The Morgan fingerprint density at radius 2 is 2.15 bits per heavy atom. The third-order valence-corrected chi connectivity index (χ3v) is 4.73. The monoisotopic (exact) mass is 181 g/mol. The zero-order valence-electron chi connectivity index (χ0n) is 8.17. The van der Waals surface area contributed by atoms with E-state index in [2.05, 4.69) is 0 Å². The number of fused-ring (bicyclic) bond motifs is 2. The molecule has 13 heavy (non-hydrogen) atoms. The van der Waals surface area contributed by atoms with E-state index >= 15 is 0 Å². The Bertz CT molecular complexity index is 204. The lowest BCUT2D eigenvalue weighted by atomic mass is 9.42. The second-order valence-corrected chi connectivity index (χ2v) is 5.03. The highest BCUT2D eigenvalue weighted by Crippen LogP contribution is 2.65. The molecule has 1 heterocycles. The minimum absolute atomic E-state index is 0.555. The second kappa shape index (κ2) is 2.71. The first-order valence-corrected chi connectivity index (χ1v) is 5.70. The Morgan fingerprint density at radius 3 is 2.77 bits per heavy atom. The molecule has 0 aromatic carbocycles. The molecule has 1 aliphatic heterocycles. The normalized spacial score (nSPS) is 46.4. The van der Waals surface area contributed by atoms with E-state index in [1.807, 2.05) is 0 Å². The Balaban J connectivity index is 1.80. The van der Waals surface area contributed by atoms with Gasteiger partial charge in [0.2, 0.25) is 0 Å². The van der Waals surface area contributed by atoms with E-state index in [0.717, 1.165) is 25.0 Å². The lowest BCUT2D eigenvalue weighted by Gasteiger charge is -2.67. The highest BCUT2D eigenvalue weighted by molar-refractivity contribution is 5.13. The van der Waals surface area contributed by atoms with Gasteiger partial charge in [0.1, 0.15) is 0 Å². The maximum atomic E-state index is 5.91. The topological polar surface area (TPSA) is 35.2 Å². The van der Waals surface area contributed by atoms with Crippen LogP contribution >= 0.6 is 0 Å². The second-order valence-electron chi connectivity index (χ2n) is 5.03. The van der Waals surface area contributed by atoms with Crippen LogP contribution in [0.2, 0.25) is 0 Å². The summed E-state index contributed by atoms with van der Waals surface area (Å²) in [6.45, 7) is 1.89. The van der Waals surface area contributed by atoms with Crippen LogP contribution in [0.3, 0.4) is 0 Å². The van der Waals surface area contributed by atoms with E-state index in [-0.39, 0.29) is 0 Å². The van der Waals surface area contributed by atoms with Gasteiger partial charge in [-0.3, -0.25) is 0 Å². The van der Waals surface area contributed by atoms with Crippen LogP contribution in [0.5, 0.6) is 0 Å². The van der Waals surface area contributed by atoms with Crippen molar-refractivity contribution in [3.05, 3.63) is 0 Å². The largest absolute Gasteiger partial charge is 0.377 e. The van der Waals surface area contributed by atoms with Gasteiger partial charge in [0.15, 0.2) is 0 Å².